The summed E-state index contributed by atoms with van der Waals surface area (Å²) in [6, 6.07) is 9.91. The smallest absolute Gasteiger partial charge is 0.228 e. The van der Waals surface area contributed by atoms with Crippen molar-refractivity contribution in [3.63, 3.8) is 0 Å². The lowest BCUT2D eigenvalue weighted by molar-refractivity contribution is -0.122. The summed E-state index contributed by atoms with van der Waals surface area (Å²) < 4.78 is 0. The van der Waals surface area contributed by atoms with Crippen LogP contribution in [0.4, 0.5) is 5.82 Å². The second kappa shape index (κ2) is 5.28. The molecule has 2 aromatic rings. The first kappa shape index (κ1) is 13.7. The van der Waals surface area contributed by atoms with Crippen molar-refractivity contribution in [1.29, 1.82) is 0 Å². The van der Waals surface area contributed by atoms with E-state index in [-0.39, 0.29) is 11.3 Å². The van der Waals surface area contributed by atoms with E-state index in [1.165, 1.54) is 0 Å². The molecular weight excluding hydrogens is 262 g/mol. The molecule has 0 radical (unpaired) electrons. The molecule has 2 heterocycles. The maximum Gasteiger partial charge on any atom is 0.228 e. The summed E-state index contributed by atoms with van der Waals surface area (Å²) in [5.74, 6) is 0.781. The van der Waals surface area contributed by atoms with E-state index in [1.54, 1.807) is 17.3 Å². The molecule has 0 aliphatic carbocycles. The molecule has 0 unspecified atom stereocenters. The lowest BCUT2D eigenvalue weighted by atomic mass is 9.82. The Kier molecular flexibility index (Phi) is 3.45. The highest BCUT2D eigenvalue weighted by molar-refractivity contribution is 5.93. The fourth-order valence-corrected chi connectivity index (χ4v) is 2.59. The lowest BCUT2D eigenvalue weighted by Crippen LogP contribution is -2.42. The van der Waals surface area contributed by atoms with E-state index in [0.717, 1.165) is 17.7 Å². The van der Waals surface area contributed by atoms with E-state index in [1.807, 2.05) is 30.3 Å². The molecule has 4 heteroatoms. The number of carbonyl (C=O) groups is 1. The molecule has 1 aromatic heterocycles. The summed E-state index contributed by atoms with van der Waals surface area (Å²) in [4.78, 5) is 22.8. The molecule has 0 spiro atoms. The molecule has 0 bridgehead atoms. The Morgan fingerprint density at radius 3 is 2.48 bits per heavy atom. The van der Waals surface area contributed by atoms with Crippen molar-refractivity contribution in [1.82, 2.24) is 9.97 Å². The second-order valence-corrected chi connectivity index (χ2v) is 6.26. The van der Waals surface area contributed by atoms with Crippen LogP contribution in [0.15, 0.2) is 42.7 Å². The van der Waals surface area contributed by atoms with Crippen LogP contribution in [-0.4, -0.2) is 22.4 Å². The fourth-order valence-electron chi connectivity index (χ4n) is 2.59. The lowest BCUT2D eigenvalue weighted by Gasteiger charge is -2.35. The van der Waals surface area contributed by atoms with Crippen molar-refractivity contribution in [3.8, 4) is 11.3 Å². The number of nitrogens with zero attached hydrogens (tertiary/aromatic N) is 3. The zero-order valence-corrected chi connectivity index (χ0v) is 12.4. The molecule has 21 heavy (non-hydrogen) atoms. The third kappa shape index (κ3) is 2.94. The van der Waals surface area contributed by atoms with Gasteiger partial charge in [0, 0.05) is 18.5 Å². The van der Waals surface area contributed by atoms with Gasteiger partial charge in [0.1, 0.15) is 0 Å². The van der Waals surface area contributed by atoms with Gasteiger partial charge in [0.25, 0.3) is 0 Å². The Bertz CT molecular complexity index is 635. The van der Waals surface area contributed by atoms with Crippen LogP contribution in [-0.2, 0) is 4.79 Å². The number of anilines is 1. The molecule has 1 saturated heterocycles. The highest BCUT2D eigenvalue weighted by atomic mass is 16.2. The quantitative estimate of drug-likeness (QED) is 0.848. The molecule has 1 fully saturated rings. The molecule has 4 nitrogen and oxygen atoms in total. The first-order valence-corrected chi connectivity index (χ1v) is 7.23. The van der Waals surface area contributed by atoms with E-state index in [0.29, 0.717) is 18.8 Å². The van der Waals surface area contributed by atoms with Crippen LogP contribution in [0.1, 0.15) is 26.7 Å². The number of carbonyl (C=O) groups excluding carboxylic acids is 1. The molecule has 3 rings (SSSR count). The average molecular weight is 281 g/mol. The normalized spacial score (nSPS) is 17.8. The third-order valence-corrected chi connectivity index (χ3v) is 3.93. The van der Waals surface area contributed by atoms with Crippen molar-refractivity contribution >= 4 is 11.7 Å². The van der Waals surface area contributed by atoms with E-state index in [9.17, 15) is 4.79 Å². The van der Waals surface area contributed by atoms with Gasteiger partial charge in [-0.15, -0.1) is 0 Å². The van der Waals surface area contributed by atoms with Gasteiger partial charge in [0.2, 0.25) is 5.91 Å². The van der Waals surface area contributed by atoms with Crippen molar-refractivity contribution in [2.75, 3.05) is 11.4 Å². The van der Waals surface area contributed by atoms with Crippen LogP contribution in [0.2, 0.25) is 0 Å². The molecule has 0 N–H and O–H groups in total. The van der Waals surface area contributed by atoms with Gasteiger partial charge in [-0.1, -0.05) is 44.2 Å². The largest absolute Gasteiger partial charge is 0.296 e. The zero-order valence-electron chi connectivity index (χ0n) is 12.4. The average Bonchev–Trinajstić information content (AvgIpc) is 2.48. The summed E-state index contributed by atoms with van der Waals surface area (Å²) in [6.07, 6.45) is 4.98. The monoisotopic (exact) mass is 281 g/mol. The Balaban J connectivity index is 1.80. The molecule has 0 atom stereocenters. The number of amides is 1. The van der Waals surface area contributed by atoms with Gasteiger partial charge in [-0.2, -0.15) is 0 Å². The zero-order chi connectivity index (χ0) is 14.9. The highest BCUT2D eigenvalue weighted by Gasteiger charge is 2.32. The summed E-state index contributed by atoms with van der Waals surface area (Å²) in [5.41, 5.74) is 1.94. The summed E-state index contributed by atoms with van der Waals surface area (Å²) >= 11 is 0. The topological polar surface area (TPSA) is 46.1 Å². The van der Waals surface area contributed by atoms with Crippen molar-refractivity contribution in [3.05, 3.63) is 42.7 Å². The van der Waals surface area contributed by atoms with Gasteiger partial charge in [-0.25, -0.2) is 4.98 Å². The number of aromatic nitrogens is 2. The maximum atomic E-state index is 12.2. The van der Waals surface area contributed by atoms with Crippen molar-refractivity contribution in [2.45, 2.75) is 26.7 Å². The Morgan fingerprint density at radius 2 is 1.86 bits per heavy atom. The predicted molar refractivity (Wildman–Crippen MR) is 82.8 cm³/mol. The molecule has 1 aromatic carbocycles. The predicted octanol–water partition coefficient (Wildman–Crippen LogP) is 3.30. The number of rotatable bonds is 2. The van der Waals surface area contributed by atoms with Crippen LogP contribution in [0.25, 0.3) is 11.3 Å². The minimum atomic E-state index is 0.0883. The Hall–Kier alpha value is -2.23. The van der Waals surface area contributed by atoms with E-state index in [4.69, 9.17) is 0 Å². The van der Waals surface area contributed by atoms with Gasteiger partial charge in [-0.3, -0.25) is 14.7 Å². The van der Waals surface area contributed by atoms with Gasteiger partial charge in [0.05, 0.1) is 18.1 Å². The first-order valence-electron chi connectivity index (χ1n) is 7.23. The third-order valence-electron chi connectivity index (χ3n) is 3.93. The van der Waals surface area contributed by atoms with Crippen LogP contribution in [0, 0.1) is 5.41 Å². The fraction of sp³-hybridized carbons (Fsp3) is 0.353. The molecule has 1 amide bonds. The molecular formula is C17H19N3O. The molecule has 1 aliphatic heterocycles. The molecule has 0 saturated carbocycles. The van der Waals surface area contributed by atoms with Crippen LogP contribution in [0.3, 0.4) is 0 Å². The maximum absolute atomic E-state index is 12.2. The second-order valence-electron chi connectivity index (χ2n) is 6.26. The van der Waals surface area contributed by atoms with E-state index >= 15 is 0 Å². The molecule has 1 aliphatic rings. The van der Waals surface area contributed by atoms with Gasteiger partial charge in [-0.05, 0) is 11.8 Å². The van der Waals surface area contributed by atoms with Gasteiger partial charge < -0.3 is 0 Å². The Morgan fingerprint density at radius 1 is 1.10 bits per heavy atom. The van der Waals surface area contributed by atoms with Crippen molar-refractivity contribution < 1.29 is 4.79 Å². The van der Waals surface area contributed by atoms with E-state index < -0.39 is 0 Å². The van der Waals surface area contributed by atoms with Crippen LogP contribution in [0.5, 0.6) is 0 Å². The summed E-state index contributed by atoms with van der Waals surface area (Å²) in [7, 11) is 0. The molecule has 108 valence electrons. The van der Waals surface area contributed by atoms with Gasteiger partial charge in [0.15, 0.2) is 5.82 Å². The standard InChI is InChI=1S/C17H19N3O/c1-17(2)8-9-20(16(21)10-17)15-12-18-14(11-19-15)13-6-4-3-5-7-13/h3-7,11-12H,8-10H2,1-2H3. The first-order chi connectivity index (χ1) is 10.1. The summed E-state index contributed by atoms with van der Waals surface area (Å²) in [5, 5.41) is 0. The summed E-state index contributed by atoms with van der Waals surface area (Å²) in [6.45, 7) is 4.98. The number of hydrogen-bond donors (Lipinski definition) is 0. The Labute approximate surface area is 124 Å². The highest BCUT2D eigenvalue weighted by Crippen LogP contribution is 2.32. The SMILES string of the molecule is CC1(C)CCN(c2cnc(-c3ccccc3)cn2)C(=O)C1. The minimum Gasteiger partial charge on any atom is -0.296 e. The van der Waals surface area contributed by atoms with Crippen LogP contribution < -0.4 is 4.90 Å². The number of hydrogen-bond acceptors (Lipinski definition) is 3. The van der Waals surface area contributed by atoms with Crippen LogP contribution >= 0.6 is 0 Å². The number of benzene rings is 1. The van der Waals surface area contributed by atoms with Crippen molar-refractivity contribution in [2.24, 2.45) is 5.41 Å². The number of piperidine rings is 1. The van der Waals surface area contributed by atoms with E-state index in [2.05, 4.69) is 23.8 Å². The minimum absolute atomic E-state index is 0.0883. The van der Waals surface area contributed by atoms with Gasteiger partial charge >= 0.3 is 0 Å².